The molecule has 1 aliphatic heterocycles. The van der Waals surface area contributed by atoms with Gasteiger partial charge >= 0.3 is 0 Å². The van der Waals surface area contributed by atoms with Crippen molar-refractivity contribution < 1.29 is 0 Å². The van der Waals surface area contributed by atoms with Crippen LogP contribution in [-0.2, 0) is 0 Å². The van der Waals surface area contributed by atoms with Crippen molar-refractivity contribution in [2.24, 2.45) is 5.73 Å². The van der Waals surface area contributed by atoms with Crippen LogP contribution in [0.1, 0.15) is 19.8 Å². The number of anilines is 1. The Morgan fingerprint density at radius 3 is 2.61 bits per heavy atom. The number of fused-ring (bicyclic) bond motifs is 1. The summed E-state index contributed by atoms with van der Waals surface area (Å²) in [6.45, 7) is 4.14. The lowest BCUT2D eigenvalue weighted by Gasteiger charge is -2.36. The van der Waals surface area contributed by atoms with E-state index in [0.717, 1.165) is 36.8 Å². The molecule has 0 radical (unpaired) electrons. The van der Waals surface area contributed by atoms with E-state index in [0.29, 0.717) is 0 Å². The largest absolute Gasteiger partial charge is 0.348 e. The van der Waals surface area contributed by atoms with E-state index >= 15 is 0 Å². The molecule has 3 aromatic rings. The van der Waals surface area contributed by atoms with Crippen LogP contribution in [0.2, 0.25) is 0 Å². The maximum absolute atomic E-state index is 6.22. The molecule has 2 N–H and O–H groups in total. The quantitative estimate of drug-likeness (QED) is 0.765. The fraction of sp³-hybridized carbons (Fsp3) is 0.316. The number of nitrogens with zero attached hydrogens (tertiary/aromatic N) is 2. The van der Waals surface area contributed by atoms with Crippen molar-refractivity contribution in [1.82, 2.24) is 4.98 Å². The molecule has 0 amide bonds. The van der Waals surface area contributed by atoms with Crippen LogP contribution >= 0.6 is 11.3 Å². The fourth-order valence-corrected chi connectivity index (χ4v) is 3.99. The van der Waals surface area contributed by atoms with Gasteiger partial charge in [0, 0.05) is 29.6 Å². The number of hydrogen-bond acceptors (Lipinski definition) is 4. The molecular formula is C19H21N3S. The smallest absolute Gasteiger partial charge is 0.185 e. The summed E-state index contributed by atoms with van der Waals surface area (Å²) < 4.78 is 0. The Morgan fingerprint density at radius 1 is 1.09 bits per heavy atom. The van der Waals surface area contributed by atoms with E-state index in [1.165, 1.54) is 16.3 Å². The molecular weight excluding hydrogens is 302 g/mol. The Bertz CT molecular complexity index is 827. The van der Waals surface area contributed by atoms with Gasteiger partial charge in [0.15, 0.2) is 5.13 Å². The molecule has 2 aromatic carbocycles. The lowest BCUT2D eigenvalue weighted by Crippen LogP contribution is -2.48. The van der Waals surface area contributed by atoms with Gasteiger partial charge in [0.1, 0.15) is 0 Å². The molecule has 118 valence electrons. The minimum atomic E-state index is -0.0189. The Labute approximate surface area is 140 Å². The molecule has 0 saturated carbocycles. The number of benzene rings is 2. The van der Waals surface area contributed by atoms with Crippen molar-refractivity contribution in [2.75, 3.05) is 18.0 Å². The second kappa shape index (κ2) is 5.62. The summed E-state index contributed by atoms with van der Waals surface area (Å²) >= 11 is 1.73. The highest BCUT2D eigenvalue weighted by Crippen LogP contribution is 2.31. The molecule has 4 heteroatoms. The van der Waals surface area contributed by atoms with E-state index in [-0.39, 0.29) is 5.54 Å². The van der Waals surface area contributed by atoms with E-state index in [1.807, 2.05) is 0 Å². The summed E-state index contributed by atoms with van der Waals surface area (Å²) in [5.41, 5.74) is 8.46. The first-order valence-electron chi connectivity index (χ1n) is 8.09. The summed E-state index contributed by atoms with van der Waals surface area (Å²) in [5, 5.41) is 5.81. The van der Waals surface area contributed by atoms with Crippen LogP contribution < -0.4 is 10.6 Å². The Kier molecular flexibility index (Phi) is 3.58. The Balaban J connectivity index is 1.59. The number of nitrogens with two attached hydrogens (primary N) is 1. The van der Waals surface area contributed by atoms with Crippen LogP contribution in [0.15, 0.2) is 47.8 Å². The first-order chi connectivity index (χ1) is 11.1. The number of thiazole rings is 1. The van der Waals surface area contributed by atoms with Gasteiger partial charge in [-0.2, -0.15) is 0 Å². The lowest BCUT2D eigenvalue weighted by atomic mass is 9.91. The second-order valence-electron chi connectivity index (χ2n) is 6.72. The maximum Gasteiger partial charge on any atom is 0.185 e. The Hall–Kier alpha value is -1.91. The standard InChI is InChI=1S/C19H21N3S/c1-19(20)8-10-22(11-9-19)18-21-17(13-23-18)16-7-6-14-4-2-3-5-15(14)12-16/h2-7,12-13H,8-11,20H2,1H3. The van der Waals surface area contributed by atoms with Crippen molar-refractivity contribution in [3.05, 3.63) is 47.8 Å². The summed E-state index contributed by atoms with van der Waals surface area (Å²) in [6.07, 6.45) is 2.05. The zero-order valence-electron chi connectivity index (χ0n) is 13.3. The summed E-state index contributed by atoms with van der Waals surface area (Å²) in [6, 6.07) is 15.0. The number of piperidine rings is 1. The predicted octanol–water partition coefficient (Wildman–Crippen LogP) is 4.28. The van der Waals surface area contributed by atoms with E-state index in [9.17, 15) is 0 Å². The van der Waals surface area contributed by atoms with Gasteiger partial charge in [0.25, 0.3) is 0 Å². The molecule has 1 aliphatic rings. The van der Waals surface area contributed by atoms with Gasteiger partial charge in [-0.3, -0.25) is 0 Å². The summed E-state index contributed by atoms with van der Waals surface area (Å²) in [7, 11) is 0. The predicted molar refractivity (Wildman–Crippen MR) is 99.1 cm³/mol. The topological polar surface area (TPSA) is 42.1 Å². The van der Waals surface area contributed by atoms with Crippen LogP contribution in [0, 0.1) is 0 Å². The minimum Gasteiger partial charge on any atom is -0.348 e. The van der Waals surface area contributed by atoms with E-state index in [4.69, 9.17) is 10.7 Å². The van der Waals surface area contributed by atoms with Crippen LogP contribution in [-0.4, -0.2) is 23.6 Å². The van der Waals surface area contributed by atoms with Gasteiger partial charge in [-0.15, -0.1) is 11.3 Å². The van der Waals surface area contributed by atoms with Crippen molar-refractivity contribution in [1.29, 1.82) is 0 Å². The van der Waals surface area contributed by atoms with Gasteiger partial charge < -0.3 is 10.6 Å². The molecule has 4 rings (SSSR count). The van der Waals surface area contributed by atoms with Crippen LogP contribution in [0.4, 0.5) is 5.13 Å². The van der Waals surface area contributed by atoms with Gasteiger partial charge in [-0.05, 0) is 36.6 Å². The lowest BCUT2D eigenvalue weighted by molar-refractivity contribution is 0.364. The zero-order chi connectivity index (χ0) is 15.9. The van der Waals surface area contributed by atoms with E-state index in [2.05, 4.69) is 59.7 Å². The summed E-state index contributed by atoms with van der Waals surface area (Å²) in [5.74, 6) is 0. The third-order valence-corrected chi connectivity index (χ3v) is 5.61. The highest BCUT2D eigenvalue weighted by Gasteiger charge is 2.27. The third kappa shape index (κ3) is 2.96. The van der Waals surface area contributed by atoms with Gasteiger partial charge in [0.2, 0.25) is 0 Å². The molecule has 1 saturated heterocycles. The number of hydrogen-bond donors (Lipinski definition) is 1. The molecule has 0 aliphatic carbocycles. The van der Waals surface area contributed by atoms with E-state index in [1.54, 1.807) is 11.3 Å². The molecule has 0 atom stereocenters. The van der Waals surface area contributed by atoms with Crippen molar-refractivity contribution in [3.63, 3.8) is 0 Å². The molecule has 0 spiro atoms. The highest BCUT2D eigenvalue weighted by molar-refractivity contribution is 7.14. The van der Waals surface area contributed by atoms with Crippen LogP contribution in [0.5, 0.6) is 0 Å². The third-order valence-electron chi connectivity index (χ3n) is 4.71. The minimum absolute atomic E-state index is 0.0189. The SMILES string of the molecule is CC1(N)CCN(c2nc(-c3ccc4ccccc4c3)cs2)CC1. The van der Waals surface area contributed by atoms with Crippen molar-refractivity contribution in [3.8, 4) is 11.3 Å². The highest BCUT2D eigenvalue weighted by atomic mass is 32.1. The maximum atomic E-state index is 6.22. The van der Waals surface area contributed by atoms with E-state index < -0.39 is 0 Å². The first kappa shape index (κ1) is 14.7. The number of rotatable bonds is 2. The zero-order valence-corrected chi connectivity index (χ0v) is 14.1. The fourth-order valence-electron chi connectivity index (χ4n) is 3.10. The van der Waals surface area contributed by atoms with Crippen molar-refractivity contribution in [2.45, 2.75) is 25.3 Å². The van der Waals surface area contributed by atoms with Crippen LogP contribution in [0.3, 0.4) is 0 Å². The van der Waals surface area contributed by atoms with Crippen LogP contribution in [0.25, 0.3) is 22.0 Å². The average Bonchev–Trinajstić information content (AvgIpc) is 3.04. The molecule has 0 unspecified atom stereocenters. The monoisotopic (exact) mass is 323 g/mol. The van der Waals surface area contributed by atoms with Gasteiger partial charge in [0.05, 0.1) is 5.69 Å². The molecule has 2 heterocycles. The molecule has 0 bridgehead atoms. The molecule has 1 aromatic heterocycles. The number of aromatic nitrogens is 1. The van der Waals surface area contributed by atoms with Gasteiger partial charge in [-0.1, -0.05) is 36.4 Å². The van der Waals surface area contributed by atoms with Gasteiger partial charge in [-0.25, -0.2) is 4.98 Å². The molecule has 23 heavy (non-hydrogen) atoms. The molecule has 1 fully saturated rings. The average molecular weight is 323 g/mol. The normalized spacial score (nSPS) is 17.6. The second-order valence-corrected chi connectivity index (χ2v) is 7.55. The summed E-state index contributed by atoms with van der Waals surface area (Å²) in [4.78, 5) is 7.23. The first-order valence-corrected chi connectivity index (χ1v) is 8.97. The van der Waals surface area contributed by atoms with Crippen molar-refractivity contribution >= 4 is 27.2 Å². The Morgan fingerprint density at radius 2 is 1.83 bits per heavy atom. The molecule has 3 nitrogen and oxygen atoms in total.